The molecule has 2 N–H and O–H groups in total. The Bertz CT molecular complexity index is 2040. The van der Waals surface area contributed by atoms with Gasteiger partial charge < -0.3 is 20.1 Å². The fraction of sp³-hybridized carbons (Fsp3) is 0. The van der Waals surface area contributed by atoms with Crippen molar-refractivity contribution >= 4 is 47.1 Å². The van der Waals surface area contributed by atoms with E-state index in [1.165, 1.54) is 10.6 Å². The third kappa shape index (κ3) is 4.72. The Hall–Kier alpha value is -6.46. The summed E-state index contributed by atoms with van der Waals surface area (Å²) in [6.07, 6.45) is 0. The smallest absolute Gasteiger partial charge is 0.346 e. The van der Waals surface area contributed by atoms with E-state index < -0.39 is 127 Å². The van der Waals surface area contributed by atoms with Gasteiger partial charge in [-0.25, -0.2) is 54.3 Å². The number of esters is 4. The molecule has 0 radical (unpaired) electrons. The minimum atomic E-state index is -2.62. The van der Waals surface area contributed by atoms with Gasteiger partial charge in [0.1, 0.15) is 11.4 Å². The highest BCUT2D eigenvalue weighted by atomic mass is 19.2. The van der Waals surface area contributed by atoms with Crippen molar-refractivity contribution in [2.45, 2.75) is 0 Å². The zero-order valence-corrected chi connectivity index (χ0v) is 22.8. The SMILES string of the molecule is O=C(Nc1c(F)c(F)c(-c2c(F)c(F)c(NC(=O)c3ccc4c(c3)C(=O)OC4=O)c(F)c2F)c(F)c1F)c1ccc2c(c1)C(=O)OC2=O. The number of ether oxygens (including phenoxy) is 2. The van der Waals surface area contributed by atoms with Gasteiger partial charge in [-0.1, -0.05) is 0 Å². The summed E-state index contributed by atoms with van der Waals surface area (Å²) in [6, 6.07) is 5.12. The van der Waals surface area contributed by atoms with Crippen LogP contribution in [0.4, 0.5) is 46.5 Å². The summed E-state index contributed by atoms with van der Waals surface area (Å²) in [5.74, 6) is -27.9. The predicted molar refractivity (Wildman–Crippen MR) is 140 cm³/mol. The van der Waals surface area contributed by atoms with Crippen molar-refractivity contribution in [2.24, 2.45) is 0 Å². The normalized spacial score (nSPS) is 13.2. The summed E-state index contributed by atoms with van der Waals surface area (Å²) in [6.45, 7) is 0. The number of rotatable bonds is 5. The molecule has 0 unspecified atom stereocenters. The standard InChI is InChI=1S/C30H8F8N2O8/c31-15-13(16(32)20(36)23(19(15)35)39-25(41)7-1-3-9-11(5-7)29(45)47-27(9)43)14-17(33)21(37)24(22(38)18(14)34)40-26(42)8-2-4-10-12(6-8)30(46)48-28(10)44/h1-6H,(H,39,41)(H,40,42). The quantitative estimate of drug-likeness (QED) is 0.121. The van der Waals surface area contributed by atoms with Gasteiger partial charge in [-0.2, -0.15) is 0 Å². The van der Waals surface area contributed by atoms with E-state index in [0.29, 0.717) is 0 Å². The molecule has 4 aromatic carbocycles. The topological polar surface area (TPSA) is 145 Å². The summed E-state index contributed by atoms with van der Waals surface area (Å²) in [7, 11) is 0. The molecule has 0 aliphatic carbocycles. The highest BCUT2D eigenvalue weighted by Gasteiger charge is 2.36. The molecule has 0 spiro atoms. The van der Waals surface area contributed by atoms with E-state index in [4.69, 9.17) is 0 Å². The number of carbonyl (C=O) groups excluding carboxylic acids is 6. The lowest BCUT2D eigenvalue weighted by Crippen LogP contribution is -2.19. The zero-order valence-electron chi connectivity index (χ0n) is 22.8. The molecule has 0 saturated heterocycles. The molecule has 242 valence electrons. The van der Waals surface area contributed by atoms with Crippen LogP contribution in [-0.2, 0) is 9.47 Å². The first-order valence-electron chi connectivity index (χ1n) is 12.8. The number of carbonyl (C=O) groups is 6. The Morgan fingerprint density at radius 1 is 0.438 bits per heavy atom. The van der Waals surface area contributed by atoms with Gasteiger partial charge in [-0.05, 0) is 36.4 Å². The van der Waals surface area contributed by atoms with Gasteiger partial charge >= 0.3 is 23.9 Å². The number of halogens is 8. The van der Waals surface area contributed by atoms with Crippen molar-refractivity contribution in [3.8, 4) is 11.1 Å². The van der Waals surface area contributed by atoms with Gasteiger partial charge in [-0.15, -0.1) is 0 Å². The maximum atomic E-state index is 15.1. The maximum Gasteiger partial charge on any atom is 0.346 e. The first-order chi connectivity index (χ1) is 22.6. The number of cyclic esters (lactones) is 4. The third-order valence-electron chi connectivity index (χ3n) is 7.07. The fourth-order valence-corrected chi connectivity index (χ4v) is 4.75. The summed E-state index contributed by atoms with van der Waals surface area (Å²) < 4.78 is 129. The van der Waals surface area contributed by atoms with Gasteiger partial charge in [0.05, 0.1) is 33.4 Å². The molecule has 18 heteroatoms. The highest BCUT2D eigenvalue weighted by molar-refractivity contribution is 6.17. The number of fused-ring (bicyclic) bond motifs is 2. The molecule has 48 heavy (non-hydrogen) atoms. The van der Waals surface area contributed by atoms with Crippen LogP contribution in [0.2, 0.25) is 0 Å². The molecule has 0 atom stereocenters. The van der Waals surface area contributed by atoms with Crippen LogP contribution in [0.1, 0.15) is 62.1 Å². The second kappa shape index (κ2) is 11.1. The van der Waals surface area contributed by atoms with Gasteiger partial charge in [0.25, 0.3) is 11.8 Å². The zero-order chi connectivity index (χ0) is 34.9. The van der Waals surface area contributed by atoms with Crippen molar-refractivity contribution in [1.82, 2.24) is 0 Å². The second-order valence-corrected chi connectivity index (χ2v) is 9.79. The van der Waals surface area contributed by atoms with E-state index >= 15 is 17.6 Å². The maximum absolute atomic E-state index is 15.1. The molecule has 6 rings (SSSR count). The number of amides is 2. The van der Waals surface area contributed by atoms with Crippen LogP contribution in [0.25, 0.3) is 11.1 Å². The molecule has 4 aromatic rings. The molecule has 2 aliphatic heterocycles. The van der Waals surface area contributed by atoms with Crippen molar-refractivity contribution in [3.05, 3.63) is 116 Å². The Labute approximate surface area is 258 Å². The lowest BCUT2D eigenvalue weighted by atomic mass is 9.99. The minimum Gasteiger partial charge on any atom is -0.386 e. The second-order valence-electron chi connectivity index (χ2n) is 9.79. The summed E-state index contributed by atoms with van der Waals surface area (Å²) >= 11 is 0. The van der Waals surface area contributed by atoms with Crippen LogP contribution in [0.3, 0.4) is 0 Å². The Morgan fingerprint density at radius 3 is 1.04 bits per heavy atom. The molecular weight excluding hydrogens is 668 g/mol. The van der Waals surface area contributed by atoms with Crippen LogP contribution in [0.15, 0.2) is 36.4 Å². The van der Waals surface area contributed by atoms with Crippen LogP contribution < -0.4 is 10.6 Å². The Balaban J connectivity index is 1.35. The van der Waals surface area contributed by atoms with Crippen LogP contribution in [0.5, 0.6) is 0 Å². The molecule has 2 amide bonds. The van der Waals surface area contributed by atoms with Crippen molar-refractivity contribution in [3.63, 3.8) is 0 Å². The first-order valence-corrected chi connectivity index (χ1v) is 12.8. The lowest BCUT2D eigenvalue weighted by molar-refractivity contribution is 0.0425. The summed E-state index contributed by atoms with van der Waals surface area (Å²) in [4.78, 5) is 71.7. The molecule has 0 fully saturated rings. The van der Waals surface area contributed by atoms with Gasteiger partial charge in [0.2, 0.25) is 0 Å². The molecule has 10 nitrogen and oxygen atoms in total. The van der Waals surface area contributed by atoms with Gasteiger partial charge in [0.15, 0.2) is 46.5 Å². The summed E-state index contributed by atoms with van der Waals surface area (Å²) in [5.41, 5.74) is -10.8. The van der Waals surface area contributed by atoms with Crippen LogP contribution >= 0.6 is 0 Å². The number of hydrogen-bond acceptors (Lipinski definition) is 8. The van der Waals surface area contributed by atoms with Crippen LogP contribution in [-0.4, -0.2) is 35.7 Å². The molecule has 0 saturated carbocycles. The number of benzene rings is 4. The first kappa shape index (κ1) is 31.5. The Morgan fingerprint density at radius 2 is 0.729 bits per heavy atom. The third-order valence-corrected chi connectivity index (χ3v) is 7.07. The fourth-order valence-electron chi connectivity index (χ4n) is 4.75. The molecule has 0 bridgehead atoms. The predicted octanol–water partition coefficient (Wildman–Crippen LogP) is 5.59. The molecule has 0 aromatic heterocycles. The van der Waals surface area contributed by atoms with Crippen molar-refractivity contribution < 1.29 is 73.4 Å². The number of hydrogen-bond donors (Lipinski definition) is 2. The van der Waals surface area contributed by atoms with Crippen LogP contribution in [0, 0.1) is 46.5 Å². The molecule has 2 aliphatic rings. The van der Waals surface area contributed by atoms with Gasteiger partial charge in [0, 0.05) is 11.1 Å². The molecular formula is C30H8F8N2O8. The largest absolute Gasteiger partial charge is 0.386 e. The van der Waals surface area contributed by atoms with E-state index in [2.05, 4.69) is 9.47 Å². The van der Waals surface area contributed by atoms with E-state index in [-0.39, 0.29) is 11.1 Å². The number of anilines is 2. The molecule has 2 heterocycles. The average molecular weight is 676 g/mol. The van der Waals surface area contributed by atoms with Gasteiger partial charge in [-0.3, -0.25) is 9.59 Å². The van der Waals surface area contributed by atoms with Crippen molar-refractivity contribution in [1.29, 1.82) is 0 Å². The van der Waals surface area contributed by atoms with E-state index in [1.54, 1.807) is 0 Å². The lowest BCUT2D eigenvalue weighted by Gasteiger charge is -2.16. The monoisotopic (exact) mass is 676 g/mol. The van der Waals surface area contributed by atoms with E-state index in [1.807, 2.05) is 0 Å². The highest BCUT2D eigenvalue weighted by Crippen LogP contribution is 2.41. The van der Waals surface area contributed by atoms with E-state index in [9.17, 15) is 46.3 Å². The average Bonchev–Trinajstić information content (AvgIpc) is 3.52. The Kier molecular flexibility index (Phi) is 7.29. The number of nitrogens with one attached hydrogen (secondary N) is 2. The van der Waals surface area contributed by atoms with Crippen molar-refractivity contribution in [2.75, 3.05) is 10.6 Å². The minimum absolute atomic E-state index is 0.267. The summed E-state index contributed by atoms with van der Waals surface area (Å²) in [5, 5.41) is 2.91. The van der Waals surface area contributed by atoms with E-state index in [0.717, 1.165) is 36.4 Å².